The Kier molecular flexibility index (Phi) is 5.51. The molecule has 0 saturated carbocycles. The topological polar surface area (TPSA) is 53.3 Å². The minimum atomic E-state index is -0.336. The second-order valence-corrected chi connectivity index (χ2v) is 4.71. The van der Waals surface area contributed by atoms with Gasteiger partial charge in [-0.15, -0.1) is 0 Å². The van der Waals surface area contributed by atoms with Gasteiger partial charge in [-0.05, 0) is 24.5 Å². The molecule has 1 aromatic carbocycles. The normalized spacial score (nSPS) is 10.6. The lowest BCUT2D eigenvalue weighted by Gasteiger charge is -2.05. The van der Waals surface area contributed by atoms with E-state index in [0.29, 0.717) is 25.3 Å². The van der Waals surface area contributed by atoms with Gasteiger partial charge >= 0.3 is 5.97 Å². The van der Waals surface area contributed by atoms with E-state index in [1.807, 2.05) is 12.1 Å². The first-order valence-electron chi connectivity index (χ1n) is 6.99. The number of nitrogens with zero attached hydrogens (tertiary/aromatic N) is 2. The molecular formula is C16H20N2O3. The molecule has 5 nitrogen and oxygen atoms in total. The fraction of sp³-hybridized carbons (Fsp3) is 0.375. The average molecular weight is 288 g/mol. The van der Waals surface area contributed by atoms with Crippen LogP contribution >= 0.6 is 0 Å². The summed E-state index contributed by atoms with van der Waals surface area (Å²) < 4.78 is 11.8. The molecule has 2 aromatic rings. The predicted octanol–water partition coefficient (Wildman–Crippen LogP) is 2.30. The van der Waals surface area contributed by atoms with E-state index in [0.717, 1.165) is 12.0 Å². The van der Waals surface area contributed by atoms with Crippen molar-refractivity contribution in [2.75, 3.05) is 20.3 Å². The van der Waals surface area contributed by atoms with Crippen LogP contribution in [0.25, 0.3) is 0 Å². The highest BCUT2D eigenvalue weighted by molar-refractivity contribution is 5.88. The zero-order valence-corrected chi connectivity index (χ0v) is 12.4. The Morgan fingerprint density at radius 2 is 2.14 bits per heavy atom. The van der Waals surface area contributed by atoms with Crippen LogP contribution in [0, 0.1) is 0 Å². The zero-order valence-electron chi connectivity index (χ0n) is 12.4. The van der Waals surface area contributed by atoms with Crippen molar-refractivity contribution in [2.45, 2.75) is 19.9 Å². The van der Waals surface area contributed by atoms with Crippen LogP contribution in [0.2, 0.25) is 0 Å². The average Bonchev–Trinajstić information content (AvgIpc) is 2.94. The summed E-state index contributed by atoms with van der Waals surface area (Å²) in [6.45, 7) is 3.48. The predicted molar refractivity (Wildman–Crippen MR) is 79.3 cm³/mol. The quantitative estimate of drug-likeness (QED) is 0.734. The lowest BCUT2D eigenvalue weighted by molar-refractivity contribution is 0.0526. The first-order valence-corrected chi connectivity index (χ1v) is 6.99. The van der Waals surface area contributed by atoms with Gasteiger partial charge in [0, 0.05) is 13.3 Å². The van der Waals surface area contributed by atoms with Crippen molar-refractivity contribution in [3.63, 3.8) is 0 Å². The maximum absolute atomic E-state index is 11.6. The number of aromatic nitrogens is 2. The molecule has 0 unspecified atom stereocenters. The lowest BCUT2D eigenvalue weighted by atomic mass is 10.1. The molecule has 0 saturated heterocycles. The second-order valence-electron chi connectivity index (χ2n) is 4.71. The van der Waals surface area contributed by atoms with Crippen LogP contribution in [0.5, 0.6) is 0 Å². The van der Waals surface area contributed by atoms with E-state index in [4.69, 9.17) is 9.47 Å². The molecule has 0 aliphatic heterocycles. The first-order chi connectivity index (χ1) is 10.2. The van der Waals surface area contributed by atoms with Gasteiger partial charge in [0.15, 0.2) is 0 Å². The van der Waals surface area contributed by atoms with Crippen molar-refractivity contribution in [1.82, 2.24) is 9.78 Å². The largest absolute Gasteiger partial charge is 0.462 e. The van der Waals surface area contributed by atoms with Gasteiger partial charge in [0.25, 0.3) is 0 Å². The smallest absolute Gasteiger partial charge is 0.341 e. The highest BCUT2D eigenvalue weighted by Gasteiger charge is 2.09. The molecule has 0 spiro atoms. The van der Waals surface area contributed by atoms with Crippen LogP contribution in [0.1, 0.15) is 28.4 Å². The van der Waals surface area contributed by atoms with Gasteiger partial charge < -0.3 is 9.47 Å². The molecule has 0 amide bonds. The van der Waals surface area contributed by atoms with E-state index >= 15 is 0 Å². The first kappa shape index (κ1) is 15.3. The van der Waals surface area contributed by atoms with Crippen LogP contribution in [0.4, 0.5) is 0 Å². The number of carbonyl (C=O) groups is 1. The van der Waals surface area contributed by atoms with Gasteiger partial charge in [-0.3, -0.25) is 4.68 Å². The Balaban J connectivity index is 2.03. The van der Waals surface area contributed by atoms with Gasteiger partial charge in [0.2, 0.25) is 0 Å². The third-order valence-electron chi connectivity index (χ3n) is 3.08. The molecule has 21 heavy (non-hydrogen) atoms. The lowest BCUT2D eigenvalue weighted by Crippen LogP contribution is -2.04. The molecule has 1 heterocycles. The highest BCUT2D eigenvalue weighted by Crippen LogP contribution is 2.09. The van der Waals surface area contributed by atoms with Gasteiger partial charge in [-0.2, -0.15) is 5.10 Å². The molecule has 0 aliphatic carbocycles. The number of methoxy groups -OCH3 is 1. The molecule has 0 radical (unpaired) electrons. The minimum Gasteiger partial charge on any atom is -0.462 e. The summed E-state index contributed by atoms with van der Waals surface area (Å²) in [7, 11) is 1.70. The number of ether oxygens (including phenoxy) is 2. The van der Waals surface area contributed by atoms with Crippen molar-refractivity contribution in [2.24, 2.45) is 0 Å². The standard InChI is InChI=1S/C16H20N2O3/c1-3-21-16(19)15-10-17-18(12-15)11-14-6-4-5-13(9-14)7-8-20-2/h4-6,9-10,12H,3,7-8,11H2,1-2H3. The third kappa shape index (κ3) is 4.43. The van der Waals surface area contributed by atoms with E-state index in [2.05, 4.69) is 17.2 Å². The zero-order chi connectivity index (χ0) is 15.1. The summed E-state index contributed by atoms with van der Waals surface area (Å²) in [5.74, 6) is -0.336. The molecular weight excluding hydrogens is 268 g/mol. The number of benzene rings is 1. The number of hydrogen-bond donors (Lipinski definition) is 0. The van der Waals surface area contributed by atoms with Crippen molar-refractivity contribution < 1.29 is 14.3 Å². The van der Waals surface area contributed by atoms with Crippen molar-refractivity contribution in [3.05, 3.63) is 53.3 Å². The monoisotopic (exact) mass is 288 g/mol. The maximum atomic E-state index is 11.6. The van der Waals surface area contributed by atoms with Gasteiger partial charge in [0.05, 0.1) is 31.5 Å². The Labute approximate surface area is 124 Å². The van der Waals surface area contributed by atoms with Crippen LogP contribution in [-0.4, -0.2) is 36.1 Å². The van der Waals surface area contributed by atoms with Crippen molar-refractivity contribution >= 4 is 5.97 Å². The summed E-state index contributed by atoms with van der Waals surface area (Å²) >= 11 is 0. The summed E-state index contributed by atoms with van der Waals surface area (Å²) in [6.07, 6.45) is 4.13. The molecule has 1 aromatic heterocycles. The van der Waals surface area contributed by atoms with Gasteiger partial charge in [-0.25, -0.2) is 4.79 Å². The molecule has 5 heteroatoms. The molecule has 0 aliphatic rings. The van der Waals surface area contributed by atoms with Crippen LogP contribution in [-0.2, 0) is 22.4 Å². The number of esters is 1. The minimum absolute atomic E-state index is 0.336. The van der Waals surface area contributed by atoms with Gasteiger partial charge in [-0.1, -0.05) is 24.3 Å². The summed E-state index contributed by atoms with van der Waals surface area (Å²) in [4.78, 5) is 11.6. The Morgan fingerprint density at radius 1 is 1.33 bits per heavy atom. The van der Waals surface area contributed by atoms with E-state index in [1.165, 1.54) is 11.8 Å². The van der Waals surface area contributed by atoms with Crippen LogP contribution in [0.15, 0.2) is 36.7 Å². The Bertz CT molecular complexity index is 593. The molecule has 112 valence electrons. The van der Waals surface area contributed by atoms with Crippen molar-refractivity contribution in [3.8, 4) is 0 Å². The fourth-order valence-electron chi connectivity index (χ4n) is 2.06. The second kappa shape index (κ2) is 7.59. The maximum Gasteiger partial charge on any atom is 0.341 e. The molecule has 0 bridgehead atoms. The van der Waals surface area contributed by atoms with Crippen LogP contribution in [0.3, 0.4) is 0 Å². The van der Waals surface area contributed by atoms with E-state index < -0.39 is 0 Å². The van der Waals surface area contributed by atoms with E-state index in [-0.39, 0.29) is 5.97 Å². The molecule has 2 rings (SSSR count). The van der Waals surface area contributed by atoms with Gasteiger partial charge in [0.1, 0.15) is 0 Å². The molecule has 0 atom stereocenters. The third-order valence-corrected chi connectivity index (χ3v) is 3.08. The summed E-state index contributed by atoms with van der Waals surface area (Å²) in [5, 5.41) is 4.20. The summed E-state index contributed by atoms with van der Waals surface area (Å²) in [6, 6.07) is 8.28. The van der Waals surface area contributed by atoms with E-state index in [1.54, 1.807) is 24.9 Å². The highest BCUT2D eigenvalue weighted by atomic mass is 16.5. The summed E-state index contributed by atoms with van der Waals surface area (Å²) in [5.41, 5.74) is 2.85. The molecule has 0 N–H and O–H groups in total. The number of rotatable bonds is 7. The van der Waals surface area contributed by atoms with Crippen LogP contribution < -0.4 is 0 Å². The van der Waals surface area contributed by atoms with E-state index in [9.17, 15) is 4.79 Å². The Hall–Kier alpha value is -2.14. The van der Waals surface area contributed by atoms with Crippen molar-refractivity contribution in [1.29, 1.82) is 0 Å². The molecule has 0 fully saturated rings. The number of carbonyl (C=O) groups excluding carboxylic acids is 1. The SMILES string of the molecule is CCOC(=O)c1cnn(Cc2cccc(CCOC)c2)c1. The number of hydrogen-bond acceptors (Lipinski definition) is 4. The fourth-order valence-corrected chi connectivity index (χ4v) is 2.06. The Morgan fingerprint density at radius 3 is 2.90 bits per heavy atom.